The van der Waals surface area contributed by atoms with Crippen LogP contribution in [0.4, 0.5) is 0 Å². The predicted molar refractivity (Wildman–Crippen MR) is 118 cm³/mol. The molecular formula is C25H30N2O3. The van der Waals surface area contributed by atoms with E-state index in [-0.39, 0.29) is 17.4 Å². The molecule has 5 nitrogen and oxygen atoms in total. The lowest BCUT2D eigenvalue weighted by molar-refractivity contribution is -0.117. The molecule has 0 radical (unpaired) electrons. The summed E-state index contributed by atoms with van der Waals surface area (Å²) in [6.45, 7) is 6.83. The van der Waals surface area contributed by atoms with Crippen molar-refractivity contribution < 1.29 is 14.3 Å². The highest BCUT2D eigenvalue weighted by Gasteiger charge is 2.48. The van der Waals surface area contributed by atoms with Gasteiger partial charge in [-0.2, -0.15) is 0 Å². The second-order valence-electron chi connectivity index (χ2n) is 8.58. The van der Waals surface area contributed by atoms with E-state index in [9.17, 15) is 9.90 Å². The molecule has 2 aromatic rings. The average Bonchev–Trinajstić information content (AvgIpc) is 3.26. The number of piperidine rings is 1. The number of carbonyl (C=O) groups excluding carboxylic acids is 1. The van der Waals surface area contributed by atoms with Crippen molar-refractivity contribution in [3.63, 3.8) is 0 Å². The number of hydrogen-bond donors (Lipinski definition) is 2. The highest BCUT2D eigenvalue weighted by molar-refractivity contribution is 5.91. The Morgan fingerprint density at radius 3 is 3.03 bits per heavy atom. The summed E-state index contributed by atoms with van der Waals surface area (Å²) in [4.78, 5) is 15.0. The molecule has 5 heteroatoms. The molecule has 1 saturated heterocycles. The van der Waals surface area contributed by atoms with E-state index < -0.39 is 0 Å². The monoisotopic (exact) mass is 406 g/mol. The van der Waals surface area contributed by atoms with Crippen LogP contribution in [0.3, 0.4) is 0 Å². The fourth-order valence-electron chi connectivity index (χ4n) is 5.30. The first-order valence-electron chi connectivity index (χ1n) is 10.7. The van der Waals surface area contributed by atoms with Gasteiger partial charge in [-0.15, -0.1) is 6.58 Å². The molecule has 30 heavy (non-hydrogen) atoms. The zero-order valence-electron chi connectivity index (χ0n) is 17.3. The largest absolute Gasteiger partial charge is 0.508 e. The van der Waals surface area contributed by atoms with Crippen molar-refractivity contribution in [2.24, 2.45) is 5.92 Å². The van der Waals surface area contributed by atoms with Crippen LogP contribution in [0.5, 0.6) is 5.75 Å². The third kappa shape index (κ3) is 4.36. The molecule has 1 aromatic carbocycles. The van der Waals surface area contributed by atoms with Crippen LogP contribution >= 0.6 is 0 Å². The third-order valence-corrected chi connectivity index (χ3v) is 6.73. The maximum Gasteiger partial charge on any atom is 0.244 e. The number of aromatic hydroxyl groups is 1. The Bertz CT molecular complexity index is 905. The number of nitrogens with zero attached hydrogens (tertiary/aromatic N) is 1. The van der Waals surface area contributed by atoms with Gasteiger partial charge in [0, 0.05) is 36.2 Å². The second-order valence-corrected chi connectivity index (χ2v) is 8.58. The smallest absolute Gasteiger partial charge is 0.244 e. The van der Waals surface area contributed by atoms with Crippen molar-refractivity contribution in [2.75, 3.05) is 19.6 Å². The molecule has 4 rings (SSSR count). The number of carbonyl (C=O) groups is 1. The maximum atomic E-state index is 12.5. The van der Waals surface area contributed by atoms with Crippen molar-refractivity contribution in [1.29, 1.82) is 0 Å². The number of phenolic OH excluding ortho intramolecular Hbond substituents is 1. The molecule has 158 valence electrons. The van der Waals surface area contributed by atoms with Crippen LogP contribution in [-0.2, 0) is 10.2 Å². The summed E-state index contributed by atoms with van der Waals surface area (Å²) in [5.41, 5.74) is 2.04. The number of phenols is 1. The van der Waals surface area contributed by atoms with Crippen LogP contribution in [0.2, 0.25) is 0 Å². The minimum absolute atomic E-state index is 0.0269. The molecular weight excluding hydrogens is 376 g/mol. The quantitative estimate of drug-likeness (QED) is 0.560. The number of furan rings is 1. The number of amides is 1. The molecule has 1 amide bonds. The van der Waals surface area contributed by atoms with Gasteiger partial charge in [0.05, 0.1) is 12.5 Å². The highest BCUT2D eigenvalue weighted by atomic mass is 16.3. The van der Waals surface area contributed by atoms with Gasteiger partial charge in [0.2, 0.25) is 5.91 Å². The maximum absolute atomic E-state index is 12.5. The molecule has 1 aliphatic heterocycles. The zero-order valence-corrected chi connectivity index (χ0v) is 17.3. The van der Waals surface area contributed by atoms with Gasteiger partial charge in [0.25, 0.3) is 0 Å². The lowest BCUT2D eigenvalue weighted by Gasteiger charge is -2.53. The number of fused-ring (bicyclic) bond motifs is 1. The number of nitrogens with one attached hydrogen (secondary N) is 1. The fourth-order valence-corrected chi connectivity index (χ4v) is 5.30. The SMILES string of the molecule is C=CCN1CC[C@@]2(c3cccc(O)c3)C[C@@H](NC(=O)/C=C/c3ccoc3)CC[C@@H]2C1. The molecule has 1 saturated carbocycles. The van der Waals surface area contributed by atoms with Gasteiger partial charge < -0.3 is 14.8 Å². The van der Waals surface area contributed by atoms with E-state index in [0.29, 0.717) is 11.7 Å². The van der Waals surface area contributed by atoms with E-state index in [1.807, 2.05) is 24.3 Å². The van der Waals surface area contributed by atoms with Crippen molar-refractivity contribution in [2.45, 2.75) is 37.1 Å². The van der Waals surface area contributed by atoms with E-state index in [2.05, 4.69) is 22.9 Å². The Balaban J connectivity index is 1.52. The Morgan fingerprint density at radius 2 is 2.27 bits per heavy atom. The summed E-state index contributed by atoms with van der Waals surface area (Å²) in [5, 5.41) is 13.3. The van der Waals surface area contributed by atoms with Crippen LogP contribution in [0.15, 0.2) is 66.0 Å². The molecule has 1 aromatic heterocycles. The van der Waals surface area contributed by atoms with Gasteiger partial charge >= 0.3 is 0 Å². The average molecular weight is 407 g/mol. The Labute approximate surface area is 178 Å². The predicted octanol–water partition coefficient (Wildman–Crippen LogP) is 4.11. The van der Waals surface area contributed by atoms with E-state index in [1.54, 1.807) is 30.7 Å². The molecule has 2 heterocycles. The summed E-state index contributed by atoms with van der Waals surface area (Å²) < 4.78 is 5.04. The zero-order chi connectivity index (χ0) is 21.0. The minimum atomic E-state index is -0.0743. The van der Waals surface area contributed by atoms with Crippen molar-refractivity contribution in [3.05, 3.63) is 72.7 Å². The Morgan fingerprint density at radius 1 is 1.37 bits per heavy atom. The first-order valence-corrected chi connectivity index (χ1v) is 10.7. The molecule has 0 unspecified atom stereocenters. The van der Waals surface area contributed by atoms with Crippen molar-refractivity contribution in [1.82, 2.24) is 10.2 Å². The standard InChI is InChI=1S/C25H30N2O3/c1-2-12-27-13-11-25(20-4-3-5-23(28)15-20)16-22(8-7-21(25)17-27)26-24(29)9-6-19-10-14-30-18-19/h2-6,9-10,14-15,18,21-22,28H,1,7-8,11-13,16-17H2,(H,26,29)/b9-6+/t21-,22+,25+/m1/s1. The van der Waals surface area contributed by atoms with Crippen molar-refractivity contribution in [3.8, 4) is 5.75 Å². The highest BCUT2D eigenvalue weighted by Crippen LogP contribution is 2.49. The Hall–Kier alpha value is -2.79. The van der Waals surface area contributed by atoms with E-state index >= 15 is 0 Å². The summed E-state index contributed by atoms with van der Waals surface area (Å²) in [7, 11) is 0. The van der Waals surface area contributed by atoms with Gasteiger partial charge in [-0.25, -0.2) is 0 Å². The van der Waals surface area contributed by atoms with Gasteiger partial charge in [0.1, 0.15) is 5.75 Å². The van der Waals surface area contributed by atoms with Gasteiger partial charge in [-0.05, 0) is 68.0 Å². The summed E-state index contributed by atoms with van der Waals surface area (Å²) in [5.74, 6) is 0.737. The molecule has 0 spiro atoms. The first-order chi connectivity index (χ1) is 14.6. The molecule has 2 fully saturated rings. The normalized spacial score (nSPS) is 26.9. The van der Waals surface area contributed by atoms with Gasteiger partial charge in [0.15, 0.2) is 0 Å². The Kier molecular flexibility index (Phi) is 6.09. The lowest BCUT2D eigenvalue weighted by Crippen LogP contribution is -2.56. The molecule has 3 atom stereocenters. The van der Waals surface area contributed by atoms with Crippen LogP contribution in [0.25, 0.3) is 6.08 Å². The van der Waals surface area contributed by atoms with Crippen molar-refractivity contribution >= 4 is 12.0 Å². The number of likely N-dealkylation sites (tertiary alicyclic amines) is 1. The molecule has 2 N–H and O–H groups in total. The van der Waals surface area contributed by atoms with E-state index in [0.717, 1.165) is 50.9 Å². The summed E-state index contributed by atoms with van der Waals surface area (Å²) >= 11 is 0. The molecule has 2 aliphatic rings. The molecule has 1 aliphatic carbocycles. The topological polar surface area (TPSA) is 65.7 Å². The van der Waals surface area contributed by atoms with Gasteiger partial charge in [-0.1, -0.05) is 18.2 Å². The summed E-state index contributed by atoms with van der Waals surface area (Å²) in [6.07, 6.45) is 12.5. The number of rotatable bonds is 6. The summed E-state index contributed by atoms with van der Waals surface area (Å²) in [6, 6.07) is 9.66. The van der Waals surface area contributed by atoms with E-state index in [1.165, 1.54) is 5.56 Å². The third-order valence-electron chi connectivity index (χ3n) is 6.73. The van der Waals surface area contributed by atoms with Gasteiger partial charge in [-0.3, -0.25) is 9.69 Å². The number of hydrogen-bond acceptors (Lipinski definition) is 4. The second kappa shape index (κ2) is 8.92. The van der Waals surface area contributed by atoms with Crippen LogP contribution in [0, 0.1) is 5.92 Å². The lowest BCUT2D eigenvalue weighted by atomic mass is 9.58. The number of benzene rings is 1. The van der Waals surface area contributed by atoms with Crippen LogP contribution in [-0.4, -0.2) is 41.6 Å². The fraction of sp³-hybridized carbons (Fsp3) is 0.400. The molecule has 0 bridgehead atoms. The van der Waals surface area contributed by atoms with E-state index in [4.69, 9.17) is 4.42 Å². The van der Waals surface area contributed by atoms with Crippen LogP contribution in [0.1, 0.15) is 36.8 Å². The minimum Gasteiger partial charge on any atom is -0.508 e. The van der Waals surface area contributed by atoms with Crippen LogP contribution < -0.4 is 5.32 Å². The first kappa shape index (κ1) is 20.5.